The molecule has 1 aromatic rings. The summed E-state index contributed by atoms with van der Waals surface area (Å²) in [4.78, 5) is 0. The van der Waals surface area contributed by atoms with Crippen molar-refractivity contribution >= 4 is 0 Å². The highest BCUT2D eigenvalue weighted by Crippen LogP contribution is 2.19. The van der Waals surface area contributed by atoms with Gasteiger partial charge in [-0.3, -0.25) is 0 Å². The van der Waals surface area contributed by atoms with Crippen LogP contribution in [-0.2, 0) is 0 Å². The van der Waals surface area contributed by atoms with Gasteiger partial charge in [0.15, 0.2) is 0 Å². The molecule has 11 heavy (non-hydrogen) atoms. The average Bonchev–Trinajstić information content (AvgIpc) is 2.03. The fraction of sp³-hybridized carbons (Fsp3) is 0.200. The van der Waals surface area contributed by atoms with Gasteiger partial charge in [-0.15, -0.1) is 6.58 Å². The zero-order chi connectivity index (χ0) is 8.27. The maximum absolute atomic E-state index is 9.12. The van der Waals surface area contributed by atoms with Gasteiger partial charge in [0.05, 0.1) is 0 Å². The van der Waals surface area contributed by atoms with Gasteiger partial charge < -0.3 is 5.11 Å². The van der Waals surface area contributed by atoms with Crippen LogP contribution in [0.5, 0.6) is 5.75 Å². The van der Waals surface area contributed by atoms with Gasteiger partial charge in [0, 0.05) is 0 Å². The van der Waals surface area contributed by atoms with Crippen molar-refractivity contribution in [2.75, 3.05) is 0 Å². The SMILES string of the molecule is C=CC(C)c1cccc(O)c1. The summed E-state index contributed by atoms with van der Waals surface area (Å²) < 4.78 is 0. The Kier molecular flexibility index (Phi) is 2.32. The van der Waals surface area contributed by atoms with Gasteiger partial charge in [0.2, 0.25) is 0 Å². The molecule has 0 amide bonds. The van der Waals surface area contributed by atoms with Crippen molar-refractivity contribution in [3.8, 4) is 5.75 Å². The van der Waals surface area contributed by atoms with Crippen LogP contribution >= 0.6 is 0 Å². The molecular weight excluding hydrogens is 136 g/mol. The highest BCUT2D eigenvalue weighted by Gasteiger charge is 1.99. The van der Waals surface area contributed by atoms with E-state index in [4.69, 9.17) is 5.11 Å². The van der Waals surface area contributed by atoms with Crippen LogP contribution in [0.25, 0.3) is 0 Å². The van der Waals surface area contributed by atoms with Crippen molar-refractivity contribution in [2.24, 2.45) is 0 Å². The molecule has 0 aliphatic rings. The summed E-state index contributed by atoms with van der Waals surface area (Å²) in [5.74, 6) is 0.623. The normalized spacial score (nSPS) is 12.5. The number of aromatic hydroxyl groups is 1. The van der Waals surface area contributed by atoms with E-state index in [1.165, 1.54) is 0 Å². The van der Waals surface area contributed by atoms with E-state index >= 15 is 0 Å². The van der Waals surface area contributed by atoms with Crippen molar-refractivity contribution in [3.63, 3.8) is 0 Å². The summed E-state index contributed by atoms with van der Waals surface area (Å²) in [6.07, 6.45) is 1.86. The first kappa shape index (κ1) is 7.86. The summed E-state index contributed by atoms with van der Waals surface area (Å²) in [5.41, 5.74) is 1.10. The first-order chi connectivity index (χ1) is 5.24. The van der Waals surface area contributed by atoms with Crippen LogP contribution in [0.2, 0.25) is 0 Å². The van der Waals surface area contributed by atoms with Crippen molar-refractivity contribution < 1.29 is 5.11 Å². The number of allylic oxidation sites excluding steroid dienone is 1. The molecule has 1 heteroatoms. The summed E-state index contributed by atoms with van der Waals surface area (Å²) in [6, 6.07) is 7.24. The topological polar surface area (TPSA) is 20.2 Å². The lowest BCUT2D eigenvalue weighted by atomic mass is 10.0. The quantitative estimate of drug-likeness (QED) is 0.639. The Bertz CT molecular complexity index is 253. The van der Waals surface area contributed by atoms with Gasteiger partial charge in [0.1, 0.15) is 5.75 Å². The molecular formula is C10H12O. The molecule has 0 saturated carbocycles. The Morgan fingerprint density at radius 1 is 1.55 bits per heavy atom. The Balaban J connectivity index is 2.95. The largest absolute Gasteiger partial charge is 0.508 e. The van der Waals surface area contributed by atoms with E-state index in [-0.39, 0.29) is 0 Å². The zero-order valence-electron chi connectivity index (χ0n) is 6.62. The van der Waals surface area contributed by atoms with Crippen LogP contribution in [-0.4, -0.2) is 5.11 Å². The summed E-state index contributed by atoms with van der Waals surface area (Å²) >= 11 is 0. The Morgan fingerprint density at radius 2 is 2.27 bits per heavy atom. The highest BCUT2D eigenvalue weighted by atomic mass is 16.3. The molecule has 1 unspecified atom stereocenters. The van der Waals surface area contributed by atoms with Crippen molar-refractivity contribution in [1.29, 1.82) is 0 Å². The molecule has 1 atom stereocenters. The zero-order valence-corrected chi connectivity index (χ0v) is 6.62. The molecule has 0 saturated heterocycles. The van der Waals surface area contributed by atoms with E-state index in [1.807, 2.05) is 25.1 Å². The molecule has 58 valence electrons. The Labute approximate surface area is 67.0 Å². The molecule has 1 rings (SSSR count). The minimum atomic E-state index is 0.307. The van der Waals surface area contributed by atoms with E-state index in [9.17, 15) is 0 Å². The molecule has 0 aliphatic carbocycles. The molecule has 1 nitrogen and oxygen atoms in total. The first-order valence-electron chi connectivity index (χ1n) is 3.65. The predicted molar refractivity (Wildman–Crippen MR) is 46.7 cm³/mol. The second-order valence-electron chi connectivity index (χ2n) is 2.62. The molecule has 0 heterocycles. The fourth-order valence-electron chi connectivity index (χ4n) is 0.944. The second-order valence-corrected chi connectivity index (χ2v) is 2.62. The van der Waals surface area contributed by atoms with E-state index in [0.29, 0.717) is 11.7 Å². The van der Waals surface area contributed by atoms with Gasteiger partial charge in [-0.2, -0.15) is 0 Å². The number of hydrogen-bond acceptors (Lipinski definition) is 1. The molecule has 1 N–H and O–H groups in total. The summed E-state index contributed by atoms with van der Waals surface area (Å²) in [5, 5.41) is 9.12. The van der Waals surface area contributed by atoms with E-state index in [1.54, 1.807) is 12.1 Å². The Hall–Kier alpha value is -1.24. The van der Waals surface area contributed by atoms with Gasteiger partial charge in [-0.1, -0.05) is 25.1 Å². The first-order valence-corrected chi connectivity index (χ1v) is 3.65. The minimum Gasteiger partial charge on any atom is -0.508 e. The molecule has 0 aliphatic heterocycles. The number of benzene rings is 1. The monoisotopic (exact) mass is 148 g/mol. The average molecular weight is 148 g/mol. The van der Waals surface area contributed by atoms with Gasteiger partial charge in [-0.05, 0) is 23.6 Å². The van der Waals surface area contributed by atoms with Crippen molar-refractivity contribution in [1.82, 2.24) is 0 Å². The van der Waals surface area contributed by atoms with Crippen LogP contribution in [0, 0.1) is 0 Å². The standard InChI is InChI=1S/C10H12O/c1-3-8(2)9-5-4-6-10(11)7-9/h3-8,11H,1H2,2H3. The number of rotatable bonds is 2. The van der Waals surface area contributed by atoms with Crippen LogP contribution < -0.4 is 0 Å². The van der Waals surface area contributed by atoms with E-state index in [0.717, 1.165) is 5.56 Å². The lowest BCUT2D eigenvalue weighted by Crippen LogP contribution is -1.86. The molecule has 0 radical (unpaired) electrons. The third kappa shape index (κ3) is 1.84. The predicted octanol–water partition coefficient (Wildman–Crippen LogP) is 2.68. The number of phenols is 1. The van der Waals surface area contributed by atoms with E-state index in [2.05, 4.69) is 6.58 Å². The third-order valence-corrected chi connectivity index (χ3v) is 1.75. The fourth-order valence-corrected chi connectivity index (χ4v) is 0.944. The third-order valence-electron chi connectivity index (χ3n) is 1.75. The van der Waals surface area contributed by atoms with Crippen LogP contribution in [0.3, 0.4) is 0 Å². The summed E-state index contributed by atoms with van der Waals surface area (Å²) in [7, 11) is 0. The summed E-state index contributed by atoms with van der Waals surface area (Å²) in [6.45, 7) is 5.73. The van der Waals surface area contributed by atoms with Gasteiger partial charge in [-0.25, -0.2) is 0 Å². The van der Waals surface area contributed by atoms with Crippen LogP contribution in [0.4, 0.5) is 0 Å². The smallest absolute Gasteiger partial charge is 0.115 e. The lowest BCUT2D eigenvalue weighted by Gasteiger charge is -2.05. The van der Waals surface area contributed by atoms with Crippen molar-refractivity contribution in [2.45, 2.75) is 12.8 Å². The molecule has 0 bridgehead atoms. The number of phenolic OH excluding ortho intramolecular Hbond substituents is 1. The Morgan fingerprint density at radius 3 is 2.82 bits per heavy atom. The molecule has 0 fully saturated rings. The van der Waals surface area contributed by atoms with Crippen LogP contribution in [0.15, 0.2) is 36.9 Å². The highest BCUT2D eigenvalue weighted by molar-refractivity contribution is 5.30. The maximum atomic E-state index is 9.12. The van der Waals surface area contributed by atoms with Crippen molar-refractivity contribution in [3.05, 3.63) is 42.5 Å². The van der Waals surface area contributed by atoms with E-state index < -0.39 is 0 Å². The van der Waals surface area contributed by atoms with Gasteiger partial charge in [0.25, 0.3) is 0 Å². The lowest BCUT2D eigenvalue weighted by molar-refractivity contribution is 0.474. The molecule has 0 aromatic heterocycles. The van der Waals surface area contributed by atoms with Gasteiger partial charge >= 0.3 is 0 Å². The molecule has 1 aromatic carbocycles. The molecule has 0 spiro atoms. The van der Waals surface area contributed by atoms with Crippen LogP contribution in [0.1, 0.15) is 18.4 Å². The maximum Gasteiger partial charge on any atom is 0.115 e. The second kappa shape index (κ2) is 3.24. The number of hydrogen-bond donors (Lipinski definition) is 1. The minimum absolute atomic E-state index is 0.307.